The number of nitrogen functional groups attached to an aromatic ring is 1. The van der Waals surface area contributed by atoms with Crippen molar-refractivity contribution in [1.29, 1.82) is 0 Å². The Balaban J connectivity index is 1.33. The van der Waals surface area contributed by atoms with Gasteiger partial charge in [-0.2, -0.15) is 0 Å². The van der Waals surface area contributed by atoms with Gasteiger partial charge in [0.1, 0.15) is 55.2 Å². The van der Waals surface area contributed by atoms with Gasteiger partial charge >= 0.3 is 24.4 Å². The molecule has 0 bridgehead atoms. The highest BCUT2D eigenvalue weighted by Crippen LogP contribution is 2.56. The van der Waals surface area contributed by atoms with Gasteiger partial charge < -0.3 is 29.4 Å². The predicted octanol–water partition coefficient (Wildman–Crippen LogP) is 0.0931. The van der Waals surface area contributed by atoms with E-state index in [2.05, 4.69) is 32.2 Å². The number of ether oxygens (including phenoxy) is 5. The fourth-order valence-corrected chi connectivity index (χ4v) is 6.55. The first kappa shape index (κ1) is 32.7. The van der Waals surface area contributed by atoms with Crippen LogP contribution in [0.1, 0.15) is 32.7 Å². The highest BCUT2D eigenvalue weighted by molar-refractivity contribution is 8.44. The zero-order valence-electron chi connectivity index (χ0n) is 24.1. The molecule has 2 aliphatic rings. The number of anilines is 1. The van der Waals surface area contributed by atoms with E-state index in [1.165, 1.54) is 39.8 Å². The Morgan fingerprint density at radius 1 is 1.11 bits per heavy atom. The monoisotopic (exact) mass is 671 g/mol. The summed E-state index contributed by atoms with van der Waals surface area (Å²) in [6.07, 6.45) is -3.02. The van der Waals surface area contributed by atoms with Gasteiger partial charge in [0.05, 0.1) is 12.9 Å². The summed E-state index contributed by atoms with van der Waals surface area (Å²) in [6.45, 7) is -2.64. The molecule has 3 aromatic heterocycles. The molecular formula is C24H30N7O12PS. The van der Waals surface area contributed by atoms with E-state index in [9.17, 15) is 23.7 Å². The van der Waals surface area contributed by atoms with Crippen LogP contribution in [0.15, 0.2) is 34.5 Å². The fraction of sp³-hybridized carbons (Fsp3) is 0.542. The van der Waals surface area contributed by atoms with Crippen molar-refractivity contribution < 1.29 is 46.9 Å². The van der Waals surface area contributed by atoms with E-state index >= 15 is 0 Å². The van der Waals surface area contributed by atoms with Gasteiger partial charge in [-0.1, -0.05) is 12.2 Å². The van der Waals surface area contributed by atoms with E-state index < -0.39 is 79.6 Å². The number of aromatic amines is 1. The van der Waals surface area contributed by atoms with Crippen molar-refractivity contribution in [2.24, 2.45) is 0 Å². The number of aromatic nitrogens is 6. The number of fused-ring (bicyclic) bond motifs is 1. The maximum atomic E-state index is 13.6. The second-order valence-corrected chi connectivity index (χ2v) is 12.9. The quantitative estimate of drug-likeness (QED) is 0.139. The van der Waals surface area contributed by atoms with E-state index in [-0.39, 0.29) is 18.8 Å². The highest BCUT2D eigenvalue weighted by atomic mass is 32.7. The lowest BCUT2D eigenvalue weighted by Gasteiger charge is -2.26. The molecule has 5 heterocycles. The van der Waals surface area contributed by atoms with Crippen molar-refractivity contribution in [2.75, 3.05) is 26.1 Å². The van der Waals surface area contributed by atoms with E-state index in [0.29, 0.717) is 11.2 Å². The fourth-order valence-electron chi connectivity index (χ4n) is 5.06. The van der Waals surface area contributed by atoms with Crippen LogP contribution in [0.3, 0.4) is 0 Å². The summed E-state index contributed by atoms with van der Waals surface area (Å²) in [4.78, 5) is 61.9. The number of nitrogens with one attached hydrogen (secondary N) is 1. The molecule has 0 saturated carbocycles. The Kier molecular flexibility index (Phi) is 9.73. The van der Waals surface area contributed by atoms with Gasteiger partial charge in [0.25, 0.3) is 5.56 Å². The molecule has 2 saturated heterocycles. The lowest BCUT2D eigenvalue weighted by atomic mass is 10.1. The van der Waals surface area contributed by atoms with Gasteiger partial charge in [-0.3, -0.25) is 37.5 Å². The molecule has 2 aliphatic heterocycles. The molecule has 0 aliphatic carbocycles. The minimum Gasteiger partial charge on any atom is -0.463 e. The minimum atomic E-state index is -4.28. The molecule has 45 heavy (non-hydrogen) atoms. The first-order valence-corrected chi connectivity index (χ1v) is 16.1. The average molecular weight is 672 g/mol. The molecule has 19 nitrogen and oxygen atoms in total. The van der Waals surface area contributed by atoms with Crippen LogP contribution < -0.4 is 17.0 Å². The van der Waals surface area contributed by atoms with E-state index in [4.69, 9.17) is 38.5 Å². The summed E-state index contributed by atoms with van der Waals surface area (Å²) >= 11 is 4.12. The summed E-state index contributed by atoms with van der Waals surface area (Å²) in [6, 6.07) is 1.10. The SMILES string of the molecule is CO[C@H]1C(OP(=O)(S)OC[C@H]2O[C@@H](n3cnc4c(N)ncnc43)CC2OC(C)=O)[C@@H](COC(C)=O)O[C@H]1n1ccc(=O)[nH]c1=O. The van der Waals surface area contributed by atoms with E-state index in [1.807, 2.05) is 0 Å². The van der Waals surface area contributed by atoms with Crippen LogP contribution in [0.2, 0.25) is 0 Å². The Hall–Kier alpha value is -3.65. The number of imidazole rings is 1. The molecule has 3 aromatic rings. The van der Waals surface area contributed by atoms with Gasteiger partial charge in [-0.15, -0.1) is 0 Å². The van der Waals surface area contributed by atoms with Crippen LogP contribution in [0.4, 0.5) is 5.82 Å². The van der Waals surface area contributed by atoms with Crippen LogP contribution in [0.25, 0.3) is 11.2 Å². The second-order valence-electron chi connectivity index (χ2n) is 10.0. The molecule has 3 unspecified atom stereocenters. The summed E-state index contributed by atoms with van der Waals surface area (Å²) in [5, 5.41) is 0. The van der Waals surface area contributed by atoms with E-state index in [1.54, 1.807) is 4.57 Å². The van der Waals surface area contributed by atoms with Crippen molar-refractivity contribution in [3.8, 4) is 0 Å². The Labute approximate surface area is 259 Å². The van der Waals surface area contributed by atoms with Gasteiger partial charge in [-0.25, -0.2) is 24.3 Å². The molecule has 21 heteroatoms. The second kappa shape index (κ2) is 13.4. The molecule has 0 radical (unpaired) electrons. The van der Waals surface area contributed by atoms with Crippen LogP contribution in [0, 0.1) is 0 Å². The third-order valence-electron chi connectivity index (χ3n) is 6.99. The number of carbonyl (C=O) groups is 2. The van der Waals surface area contributed by atoms with Crippen LogP contribution in [-0.4, -0.2) is 91.9 Å². The molecule has 0 amide bonds. The maximum absolute atomic E-state index is 13.6. The van der Waals surface area contributed by atoms with Crippen LogP contribution in [0.5, 0.6) is 0 Å². The van der Waals surface area contributed by atoms with Gasteiger partial charge in [0.2, 0.25) is 0 Å². The van der Waals surface area contributed by atoms with Crippen molar-refractivity contribution in [1.82, 2.24) is 29.1 Å². The third kappa shape index (κ3) is 7.27. The standard InChI is InChI=1S/C24H30N7O12PS/c1-11(32)38-7-15-19(20(37-3)23(42-15)30-5-4-16(34)29-24(30)35)43-44(36,45)39-8-14-13(40-12(2)33)6-17(41-14)31-10-28-18-21(25)26-9-27-22(18)31/h4-5,9-10,13-15,17,19-20,23H,6-8H2,1-3H3,(H,36,45)(H2,25,26,27)(H,29,34,35)/t13?,14-,15-,17-,19?,20+,23-,44?/m1/s1. The number of thiol groups is 1. The molecule has 0 spiro atoms. The van der Waals surface area contributed by atoms with Crippen LogP contribution in [-0.2, 0) is 46.9 Å². The van der Waals surface area contributed by atoms with Gasteiger partial charge in [0, 0.05) is 39.6 Å². The Bertz CT molecular complexity index is 1730. The van der Waals surface area contributed by atoms with Gasteiger partial charge in [-0.05, 0) is 0 Å². The lowest BCUT2D eigenvalue weighted by molar-refractivity contribution is -0.150. The molecule has 2 fully saturated rings. The van der Waals surface area contributed by atoms with E-state index in [0.717, 1.165) is 10.6 Å². The summed E-state index contributed by atoms with van der Waals surface area (Å²) < 4.78 is 55.6. The predicted molar refractivity (Wildman–Crippen MR) is 154 cm³/mol. The topological polar surface area (TPSA) is 240 Å². The number of H-pyrrole nitrogens is 1. The number of hydrogen-bond acceptors (Lipinski definition) is 16. The zero-order chi connectivity index (χ0) is 32.5. The smallest absolute Gasteiger partial charge is 0.386 e. The van der Waals surface area contributed by atoms with Crippen molar-refractivity contribution in [3.63, 3.8) is 0 Å². The number of carbonyl (C=O) groups excluding carboxylic acids is 2. The summed E-state index contributed by atoms with van der Waals surface area (Å²) in [7, 11) is 1.29. The zero-order valence-corrected chi connectivity index (χ0v) is 25.9. The number of esters is 2. The van der Waals surface area contributed by atoms with Gasteiger partial charge in [0.15, 0.2) is 17.7 Å². The Morgan fingerprint density at radius 2 is 1.89 bits per heavy atom. The van der Waals surface area contributed by atoms with Crippen molar-refractivity contribution in [2.45, 2.75) is 63.2 Å². The highest BCUT2D eigenvalue weighted by Gasteiger charge is 2.51. The van der Waals surface area contributed by atoms with Crippen molar-refractivity contribution in [3.05, 3.63) is 45.8 Å². The third-order valence-corrected chi connectivity index (χ3v) is 8.60. The summed E-state index contributed by atoms with van der Waals surface area (Å²) in [5.41, 5.74) is 5.19. The number of nitrogens with two attached hydrogens (primary N) is 1. The van der Waals surface area contributed by atoms with Crippen LogP contribution >= 0.6 is 19.0 Å². The normalized spacial score (nSPS) is 27.8. The molecule has 5 rings (SSSR count). The van der Waals surface area contributed by atoms with Crippen molar-refractivity contribution >= 4 is 48.0 Å². The average Bonchev–Trinajstić information content (AvgIpc) is 3.66. The molecule has 0 aromatic carbocycles. The molecule has 8 atom stereocenters. The molecule has 3 N–H and O–H groups in total. The largest absolute Gasteiger partial charge is 0.463 e. The maximum Gasteiger partial charge on any atom is 0.386 e. The lowest BCUT2D eigenvalue weighted by Crippen LogP contribution is -2.40. The minimum absolute atomic E-state index is 0.170. The number of rotatable bonds is 11. The summed E-state index contributed by atoms with van der Waals surface area (Å²) in [5.74, 6) is -1.04. The molecule has 244 valence electrons. The number of methoxy groups -OCH3 is 1. The first-order valence-electron chi connectivity index (χ1n) is 13.4. The molecular weight excluding hydrogens is 641 g/mol. The Morgan fingerprint density at radius 3 is 2.58 bits per heavy atom. The first-order chi connectivity index (χ1) is 21.4. The number of nitrogens with zero attached hydrogens (tertiary/aromatic N) is 5. The number of hydrogen-bond donors (Lipinski definition) is 3.